The van der Waals surface area contributed by atoms with Crippen LogP contribution in [0.5, 0.6) is 17.2 Å². The molecule has 11 heteroatoms. The zero-order chi connectivity index (χ0) is 34.1. The van der Waals surface area contributed by atoms with Gasteiger partial charge in [-0.25, -0.2) is 18.1 Å². The first-order valence-electron chi connectivity index (χ1n) is 15.0. The van der Waals surface area contributed by atoms with E-state index >= 15 is 0 Å². The van der Waals surface area contributed by atoms with E-state index in [0.717, 1.165) is 34.2 Å². The van der Waals surface area contributed by atoms with Gasteiger partial charge in [0.15, 0.2) is 5.69 Å². The number of nitrogens with zero attached hydrogens (tertiary/aromatic N) is 3. The molecule has 0 fully saturated rings. The molecule has 5 aromatic rings. The van der Waals surface area contributed by atoms with Gasteiger partial charge in [0.2, 0.25) is 10.0 Å². The highest BCUT2D eigenvalue weighted by Gasteiger charge is 2.16. The molecule has 0 aliphatic rings. The molecular formula is C37H34N4O6S. The molecule has 48 heavy (non-hydrogen) atoms. The van der Waals surface area contributed by atoms with Crippen LogP contribution in [0.3, 0.4) is 0 Å². The van der Waals surface area contributed by atoms with Gasteiger partial charge in [0.1, 0.15) is 17.2 Å². The summed E-state index contributed by atoms with van der Waals surface area (Å²) in [5.74, 6) is 0.130. The van der Waals surface area contributed by atoms with E-state index in [4.69, 9.17) is 16.0 Å². The number of aromatic carboxylic acids is 1. The van der Waals surface area contributed by atoms with Crippen molar-refractivity contribution in [1.29, 1.82) is 0 Å². The highest BCUT2D eigenvalue weighted by atomic mass is 32.2. The zero-order valence-corrected chi connectivity index (χ0v) is 27.3. The summed E-state index contributed by atoms with van der Waals surface area (Å²) >= 11 is 0. The van der Waals surface area contributed by atoms with Crippen molar-refractivity contribution >= 4 is 33.1 Å². The third-order valence-corrected chi connectivity index (χ3v) is 8.01. The van der Waals surface area contributed by atoms with Crippen molar-refractivity contribution in [3.63, 3.8) is 0 Å². The van der Waals surface area contributed by atoms with Crippen molar-refractivity contribution < 1.29 is 27.8 Å². The Labute approximate surface area is 280 Å². The van der Waals surface area contributed by atoms with Crippen LogP contribution in [0.1, 0.15) is 32.6 Å². The van der Waals surface area contributed by atoms with Crippen molar-refractivity contribution in [1.82, 2.24) is 4.98 Å². The van der Waals surface area contributed by atoms with Gasteiger partial charge < -0.3 is 19.5 Å². The van der Waals surface area contributed by atoms with Crippen LogP contribution in [0.2, 0.25) is 0 Å². The first kappa shape index (κ1) is 33.5. The maximum absolute atomic E-state index is 12.0. The number of hydrogen-bond acceptors (Lipinski definition) is 7. The number of carboxylic acids is 1. The number of carboxylic acid groups (broad SMARTS) is 1. The van der Waals surface area contributed by atoms with E-state index in [-0.39, 0.29) is 5.56 Å². The van der Waals surface area contributed by atoms with Crippen LogP contribution in [0.15, 0.2) is 109 Å². The fraction of sp³-hybridized carbons (Fsp3) is 0.162. The largest absolute Gasteiger partial charge is 0.493 e. The highest BCUT2D eigenvalue weighted by Crippen LogP contribution is 2.32. The summed E-state index contributed by atoms with van der Waals surface area (Å²) in [6, 6.07) is 28.7. The molecule has 1 heterocycles. The lowest BCUT2D eigenvalue weighted by Crippen LogP contribution is -2.23. The molecule has 4 aromatic carbocycles. The Bertz CT molecular complexity index is 2030. The Kier molecular flexibility index (Phi) is 10.6. The van der Waals surface area contributed by atoms with Gasteiger partial charge in [0, 0.05) is 43.7 Å². The fourth-order valence-electron chi connectivity index (χ4n) is 5.09. The van der Waals surface area contributed by atoms with Crippen LogP contribution < -0.4 is 19.1 Å². The Balaban J connectivity index is 1.35. The van der Waals surface area contributed by atoms with Gasteiger partial charge in [0.05, 0.1) is 30.7 Å². The van der Waals surface area contributed by atoms with E-state index in [1.807, 2.05) is 67.6 Å². The highest BCUT2D eigenvalue weighted by molar-refractivity contribution is 7.92. The molecule has 0 saturated carbocycles. The number of anilines is 2. The standard InChI is InChI=1S/C37H34N4O6S/c1-26-35(40-48(3,44)45)7-4-8-36(26)41(24-28-9-13-31(38-2)14-10-28)25-29-11-15-32(16-12-29)47-34-21-30(37(42)43)20-33(22-34)46-19-17-27-6-5-18-39-23-27/h4-16,18,20-23,40H,17,19,24-25H2,1,3H3,(H,42,43). The average Bonchev–Trinajstić information content (AvgIpc) is 3.06. The molecule has 0 bridgehead atoms. The number of ether oxygens (including phenoxy) is 2. The van der Waals surface area contributed by atoms with Crippen LogP contribution >= 0.6 is 0 Å². The predicted octanol–water partition coefficient (Wildman–Crippen LogP) is 7.63. The molecule has 0 amide bonds. The van der Waals surface area contributed by atoms with Crippen LogP contribution in [-0.2, 0) is 29.5 Å². The second-order valence-corrected chi connectivity index (χ2v) is 12.9. The molecule has 244 valence electrons. The normalized spacial score (nSPS) is 10.9. The van der Waals surface area contributed by atoms with Gasteiger partial charge in [-0.3, -0.25) is 9.71 Å². The minimum atomic E-state index is -3.48. The predicted molar refractivity (Wildman–Crippen MR) is 186 cm³/mol. The molecule has 5 rings (SSSR count). The summed E-state index contributed by atoms with van der Waals surface area (Å²) in [6.45, 7) is 10.5. The first-order chi connectivity index (χ1) is 23.1. The minimum Gasteiger partial charge on any atom is -0.493 e. The van der Waals surface area contributed by atoms with Gasteiger partial charge >= 0.3 is 5.97 Å². The molecular weight excluding hydrogens is 628 g/mol. The third-order valence-electron chi connectivity index (χ3n) is 7.42. The van der Waals surface area contributed by atoms with Crippen molar-refractivity contribution in [3.05, 3.63) is 149 Å². The Morgan fingerprint density at radius 1 is 0.896 bits per heavy atom. The average molecular weight is 663 g/mol. The minimum absolute atomic E-state index is 0.0449. The lowest BCUT2D eigenvalue weighted by Gasteiger charge is -2.28. The summed E-state index contributed by atoms with van der Waals surface area (Å²) < 4.78 is 38.5. The molecule has 10 nitrogen and oxygen atoms in total. The summed E-state index contributed by atoms with van der Waals surface area (Å²) in [5, 5.41) is 9.67. The number of nitrogens with one attached hydrogen (secondary N) is 1. The summed E-state index contributed by atoms with van der Waals surface area (Å²) in [7, 11) is -3.48. The summed E-state index contributed by atoms with van der Waals surface area (Å²) in [4.78, 5) is 21.5. The number of hydrogen-bond donors (Lipinski definition) is 2. The van der Waals surface area contributed by atoms with Crippen LogP contribution in [0.4, 0.5) is 17.1 Å². The topological polar surface area (TPSA) is 122 Å². The SMILES string of the molecule is [C-]#[N+]c1ccc(CN(Cc2ccc(Oc3cc(OCCc4cccnc4)cc(C(=O)O)c3)cc2)c2cccc(NS(C)(=O)=O)c2C)cc1. The van der Waals surface area contributed by atoms with E-state index in [9.17, 15) is 18.3 Å². The molecule has 0 spiro atoms. The number of rotatable bonds is 14. The molecule has 0 radical (unpaired) electrons. The van der Waals surface area contributed by atoms with Crippen molar-refractivity contribution in [2.24, 2.45) is 0 Å². The van der Waals surface area contributed by atoms with Crippen molar-refractivity contribution in [2.45, 2.75) is 26.4 Å². The van der Waals surface area contributed by atoms with Gasteiger partial charge in [-0.1, -0.05) is 48.5 Å². The van der Waals surface area contributed by atoms with Gasteiger partial charge in [0.25, 0.3) is 0 Å². The lowest BCUT2D eigenvalue weighted by molar-refractivity contribution is 0.0696. The Morgan fingerprint density at radius 3 is 2.21 bits per heavy atom. The second kappa shape index (κ2) is 15.2. The van der Waals surface area contributed by atoms with Crippen molar-refractivity contribution in [3.8, 4) is 17.2 Å². The maximum Gasteiger partial charge on any atom is 0.335 e. The molecule has 0 atom stereocenters. The van der Waals surface area contributed by atoms with Crippen LogP contribution in [0, 0.1) is 13.5 Å². The fourth-order valence-corrected chi connectivity index (χ4v) is 5.71. The number of aromatic nitrogens is 1. The van der Waals surface area contributed by atoms with Gasteiger partial charge in [-0.05, 0) is 71.6 Å². The van der Waals surface area contributed by atoms with Gasteiger partial charge in [-0.15, -0.1) is 0 Å². The number of sulfonamides is 1. The molecule has 0 unspecified atom stereocenters. The molecule has 2 N–H and O–H groups in total. The van der Waals surface area contributed by atoms with Gasteiger partial charge in [-0.2, -0.15) is 0 Å². The molecule has 0 aliphatic heterocycles. The van der Waals surface area contributed by atoms with E-state index < -0.39 is 16.0 Å². The second-order valence-electron chi connectivity index (χ2n) is 11.2. The number of benzene rings is 4. The Morgan fingerprint density at radius 2 is 1.58 bits per heavy atom. The lowest BCUT2D eigenvalue weighted by atomic mass is 10.1. The quantitative estimate of drug-likeness (QED) is 0.116. The number of pyridine rings is 1. The molecule has 0 aliphatic carbocycles. The third kappa shape index (κ3) is 9.34. The van der Waals surface area contributed by atoms with E-state index in [1.165, 1.54) is 12.1 Å². The van der Waals surface area contributed by atoms with E-state index in [0.29, 0.717) is 54.7 Å². The molecule has 1 aromatic heterocycles. The molecule has 0 saturated heterocycles. The Hall–Kier alpha value is -5.86. The zero-order valence-electron chi connectivity index (χ0n) is 26.5. The van der Waals surface area contributed by atoms with Crippen LogP contribution in [-0.4, -0.2) is 37.3 Å². The van der Waals surface area contributed by atoms with Crippen molar-refractivity contribution in [2.75, 3.05) is 22.5 Å². The summed E-state index contributed by atoms with van der Waals surface area (Å²) in [5.41, 5.74) is 5.67. The van der Waals surface area contributed by atoms with E-state index in [2.05, 4.69) is 19.5 Å². The van der Waals surface area contributed by atoms with E-state index in [1.54, 1.807) is 36.7 Å². The van der Waals surface area contributed by atoms with Crippen LogP contribution in [0.25, 0.3) is 4.85 Å². The monoisotopic (exact) mass is 662 g/mol. The number of carbonyl (C=O) groups is 1. The summed E-state index contributed by atoms with van der Waals surface area (Å²) in [6.07, 6.45) is 5.20. The first-order valence-corrected chi connectivity index (χ1v) is 16.9. The maximum atomic E-state index is 12.0. The smallest absolute Gasteiger partial charge is 0.335 e.